The number of benzene rings is 1. The fourth-order valence-corrected chi connectivity index (χ4v) is 3.76. The summed E-state index contributed by atoms with van der Waals surface area (Å²) in [5.74, 6) is -0.734. The van der Waals surface area contributed by atoms with Gasteiger partial charge in [-0.15, -0.1) is 4.67 Å². The highest BCUT2D eigenvalue weighted by atomic mass is 31.2. The van der Waals surface area contributed by atoms with Gasteiger partial charge in [0, 0.05) is 0 Å². The summed E-state index contributed by atoms with van der Waals surface area (Å²) in [6, 6.07) is 9.53. The summed E-state index contributed by atoms with van der Waals surface area (Å²) in [7, 11) is -4.34. The van der Waals surface area contributed by atoms with Crippen molar-refractivity contribution in [3.05, 3.63) is 35.9 Å². The first-order valence-electron chi connectivity index (χ1n) is 7.78. The van der Waals surface area contributed by atoms with Crippen LogP contribution < -0.4 is 0 Å². The van der Waals surface area contributed by atoms with Crippen molar-refractivity contribution in [1.82, 2.24) is 0 Å². The van der Waals surface area contributed by atoms with E-state index >= 15 is 0 Å². The van der Waals surface area contributed by atoms with Crippen LogP contribution in [0.1, 0.15) is 39.2 Å². The van der Waals surface area contributed by atoms with Gasteiger partial charge in [-0.25, -0.2) is 4.89 Å². The molecule has 0 spiro atoms. The van der Waals surface area contributed by atoms with E-state index in [0.717, 1.165) is 5.56 Å². The van der Waals surface area contributed by atoms with E-state index in [4.69, 9.17) is 14.3 Å². The fraction of sp³-hybridized carbons (Fsp3) is 0.562. The first kappa shape index (κ1) is 19.8. The highest BCUT2D eigenvalue weighted by Gasteiger charge is 2.54. The molecule has 0 saturated heterocycles. The van der Waals surface area contributed by atoms with Crippen LogP contribution in [0.25, 0.3) is 0 Å². The largest absolute Gasteiger partial charge is 0.465 e. The van der Waals surface area contributed by atoms with Crippen molar-refractivity contribution in [2.45, 2.75) is 45.2 Å². The van der Waals surface area contributed by atoms with Gasteiger partial charge in [-0.3, -0.25) is 9.36 Å². The molecule has 0 aliphatic rings. The molecule has 0 radical (unpaired) electrons. The van der Waals surface area contributed by atoms with E-state index in [-0.39, 0.29) is 26.1 Å². The number of hydrogen-bond donors (Lipinski definition) is 1. The number of carbonyl (C=O) groups is 1. The van der Waals surface area contributed by atoms with Gasteiger partial charge in [0.15, 0.2) is 5.16 Å². The second-order valence-corrected chi connectivity index (χ2v) is 7.16. The van der Waals surface area contributed by atoms with E-state index < -0.39 is 18.7 Å². The lowest BCUT2D eigenvalue weighted by Gasteiger charge is -2.31. The quantitative estimate of drug-likeness (QED) is 0.230. The molecule has 0 aromatic heterocycles. The van der Waals surface area contributed by atoms with Crippen LogP contribution in [0.2, 0.25) is 0 Å². The summed E-state index contributed by atoms with van der Waals surface area (Å²) >= 11 is 0. The lowest BCUT2D eigenvalue weighted by Crippen LogP contribution is -2.39. The molecule has 1 N–H and O–H groups in total. The minimum Gasteiger partial charge on any atom is -0.465 e. The predicted octanol–water partition coefficient (Wildman–Crippen LogP) is 3.48. The van der Waals surface area contributed by atoms with E-state index in [1.165, 1.54) is 0 Å². The van der Waals surface area contributed by atoms with Crippen LogP contribution in [0.5, 0.6) is 0 Å². The molecule has 1 atom stereocenters. The van der Waals surface area contributed by atoms with E-state index in [1.54, 1.807) is 20.8 Å². The maximum absolute atomic E-state index is 12.5. The van der Waals surface area contributed by atoms with Crippen LogP contribution >= 0.6 is 7.60 Å². The van der Waals surface area contributed by atoms with Gasteiger partial charge in [-0.2, -0.15) is 0 Å². The van der Waals surface area contributed by atoms with Gasteiger partial charge in [-0.05, 0) is 31.7 Å². The Hall–Kier alpha value is -1.20. The molecule has 1 aromatic rings. The zero-order valence-electron chi connectivity index (χ0n) is 13.9. The Morgan fingerprint density at radius 3 is 2.30 bits per heavy atom. The lowest BCUT2D eigenvalue weighted by atomic mass is 10.0. The Balaban J connectivity index is 2.67. The summed E-state index contributed by atoms with van der Waals surface area (Å²) in [4.78, 5) is 27.3. The summed E-state index contributed by atoms with van der Waals surface area (Å²) < 4.78 is 22.3. The van der Waals surface area contributed by atoms with Gasteiger partial charge < -0.3 is 9.63 Å². The molecule has 0 heterocycles. The van der Waals surface area contributed by atoms with E-state index in [1.807, 2.05) is 30.3 Å². The van der Waals surface area contributed by atoms with Crippen LogP contribution in [-0.2, 0) is 30.1 Å². The Morgan fingerprint density at radius 1 is 1.17 bits per heavy atom. The molecule has 1 unspecified atom stereocenters. The van der Waals surface area contributed by atoms with Crippen LogP contribution in [0.3, 0.4) is 0 Å². The Labute approximate surface area is 137 Å². The SMILES string of the molecule is CCOC(=O)C(CC)(CC)P(=O)(O)OOCCc1ccccc1. The smallest absolute Gasteiger partial charge is 0.372 e. The molecule has 0 aliphatic heterocycles. The van der Waals surface area contributed by atoms with Crippen molar-refractivity contribution in [3.8, 4) is 0 Å². The van der Waals surface area contributed by atoms with Crippen LogP contribution in [0.4, 0.5) is 0 Å². The molecule has 7 heteroatoms. The third-order valence-electron chi connectivity index (χ3n) is 3.84. The Morgan fingerprint density at radius 2 is 1.78 bits per heavy atom. The molecule has 0 amide bonds. The van der Waals surface area contributed by atoms with Crippen molar-refractivity contribution in [3.63, 3.8) is 0 Å². The molecule has 1 aromatic carbocycles. The minimum absolute atomic E-state index is 0.112. The molecule has 0 bridgehead atoms. The molecule has 6 nitrogen and oxygen atoms in total. The van der Waals surface area contributed by atoms with E-state index in [0.29, 0.717) is 6.42 Å². The number of esters is 1. The molecular formula is C16H25O6P. The molecule has 0 saturated carbocycles. The van der Waals surface area contributed by atoms with Gasteiger partial charge in [0.25, 0.3) is 0 Å². The number of carbonyl (C=O) groups excluding carboxylic acids is 1. The highest BCUT2D eigenvalue weighted by molar-refractivity contribution is 7.55. The highest BCUT2D eigenvalue weighted by Crippen LogP contribution is 2.59. The number of rotatable bonds is 10. The Kier molecular flexibility index (Phi) is 7.92. The summed E-state index contributed by atoms with van der Waals surface area (Å²) in [5, 5.41) is -1.60. The second-order valence-electron chi connectivity index (χ2n) is 5.11. The Bertz CT molecular complexity index is 527. The second kappa shape index (κ2) is 9.18. The minimum atomic E-state index is -4.34. The van der Waals surface area contributed by atoms with Crippen LogP contribution in [0.15, 0.2) is 30.3 Å². The molecule has 1 rings (SSSR count). The molecule has 0 aliphatic carbocycles. The molecule has 23 heavy (non-hydrogen) atoms. The first-order chi connectivity index (χ1) is 10.9. The van der Waals surface area contributed by atoms with Gasteiger partial charge in [-0.1, -0.05) is 44.2 Å². The van der Waals surface area contributed by atoms with E-state index in [9.17, 15) is 14.3 Å². The number of ether oxygens (including phenoxy) is 1. The van der Waals surface area contributed by atoms with Gasteiger partial charge in [0.05, 0.1) is 13.2 Å². The van der Waals surface area contributed by atoms with Crippen molar-refractivity contribution in [2.75, 3.05) is 13.2 Å². The normalized spacial score (nSPS) is 14.3. The summed E-state index contributed by atoms with van der Waals surface area (Å²) in [6.07, 6.45) is 0.780. The fourth-order valence-electron chi connectivity index (χ4n) is 2.30. The maximum atomic E-state index is 12.5. The maximum Gasteiger partial charge on any atom is 0.372 e. The van der Waals surface area contributed by atoms with E-state index in [2.05, 4.69) is 0 Å². The van der Waals surface area contributed by atoms with Gasteiger partial charge >= 0.3 is 13.6 Å². The monoisotopic (exact) mass is 344 g/mol. The average Bonchev–Trinajstić information content (AvgIpc) is 2.54. The number of hydrogen-bond acceptors (Lipinski definition) is 5. The summed E-state index contributed by atoms with van der Waals surface area (Å²) in [6.45, 7) is 5.19. The topological polar surface area (TPSA) is 82.1 Å². The molecule has 0 fully saturated rings. The third-order valence-corrected chi connectivity index (χ3v) is 6.04. The predicted molar refractivity (Wildman–Crippen MR) is 87.0 cm³/mol. The molecule has 130 valence electrons. The van der Waals surface area contributed by atoms with Crippen LogP contribution in [0, 0.1) is 0 Å². The summed E-state index contributed by atoms with van der Waals surface area (Å²) in [5.41, 5.74) is 1.02. The zero-order chi connectivity index (χ0) is 17.3. The third kappa shape index (κ3) is 4.88. The van der Waals surface area contributed by atoms with Crippen LogP contribution in [-0.4, -0.2) is 29.2 Å². The van der Waals surface area contributed by atoms with Crippen molar-refractivity contribution >= 4 is 13.6 Å². The van der Waals surface area contributed by atoms with Gasteiger partial charge in [0.1, 0.15) is 0 Å². The average molecular weight is 344 g/mol. The van der Waals surface area contributed by atoms with Crippen molar-refractivity contribution in [1.29, 1.82) is 0 Å². The first-order valence-corrected chi connectivity index (χ1v) is 9.36. The standard InChI is InChI=1S/C16H25O6P/c1-4-16(5-2,15(17)20-6-3)23(18,19)22-21-13-12-14-10-8-7-9-11-14/h7-11H,4-6,12-13H2,1-3H3,(H,18,19). The lowest BCUT2D eigenvalue weighted by molar-refractivity contribution is -0.215. The zero-order valence-corrected chi connectivity index (χ0v) is 14.8. The molecular weight excluding hydrogens is 319 g/mol. The van der Waals surface area contributed by atoms with Crippen molar-refractivity contribution < 1.29 is 28.6 Å². The van der Waals surface area contributed by atoms with Gasteiger partial charge in [0.2, 0.25) is 0 Å². The van der Waals surface area contributed by atoms with Crippen molar-refractivity contribution in [2.24, 2.45) is 0 Å².